The van der Waals surface area contributed by atoms with Gasteiger partial charge in [0.2, 0.25) is 0 Å². The lowest BCUT2D eigenvalue weighted by Gasteiger charge is -2.07. The zero-order valence-corrected chi connectivity index (χ0v) is 13.8. The quantitative estimate of drug-likeness (QED) is 0.511. The molecule has 0 aliphatic carbocycles. The maximum absolute atomic E-state index is 12.3. The number of urea groups is 1. The number of nitrogens with zero attached hydrogens (tertiary/aromatic N) is 1. The van der Waals surface area contributed by atoms with Crippen molar-refractivity contribution in [2.45, 2.75) is 9.79 Å². The van der Waals surface area contributed by atoms with Crippen molar-refractivity contribution in [2.75, 3.05) is 6.54 Å². The van der Waals surface area contributed by atoms with E-state index in [0.717, 1.165) is 20.3 Å². The smallest absolute Gasteiger partial charge is 0.303 e. The van der Waals surface area contributed by atoms with E-state index in [2.05, 4.69) is 11.9 Å². The van der Waals surface area contributed by atoms with Crippen LogP contribution in [-0.4, -0.2) is 23.4 Å². The lowest BCUT2D eigenvalue weighted by atomic mass is 10.2. The van der Waals surface area contributed by atoms with Crippen LogP contribution in [0.15, 0.2) is 82.7 Å². The van der Waals surface area contributed by atoms with Crippen molar-refractivity contribution in [1.82, 2.24) is 10.2 Å². The molecule has 3 amide bonds. The van der Waals surface area contributed by atoms with Gasteiger partial charge in [-0.05, 0) is 29.8 Å². The Hall–Kier alpha value is -2.79. The second kappa shape index (κ2) is 7.19. The fourth-order valence-corrected chi connectivity index (χ4v) is 3.27. The average Bonchev–Trinajstić information content (AvgIpc) is 2.85. The summed E-state index contributed by atoms with van der Waals surface area (Å²) in [7, 11) is 0. The van der Waals surface area contributed by atoms with E-state index in [9.17, 15) is 9.59 Å². The Balaban J connectivity index is 1.89. The van der Waals surface area contributed by atoms with Gasteiger partial charge < -0.3 is 5.32 Å². The van der Waals surface area contributed by atoms with E-state index in [1.54, 1.807) is 17.8 Å². The molecule has 0 atom stereocenters. The Morgan fingerprint density at radius 3 is 2.50 bits per heavy atom. The topological polar surface area (TPSA) is 49.4 Å². The summed E-state index contributed by atoms with van der Waals surface area (Å²) in [6.45, 7) is 3.76. The van der Waals surface area contributed by atoms with Crippen LogP contribution in [0, 0.1) is 0 Å². The van der Waals surface area contributed by atoms with Crippen molar-refractivity contribution < 1.29 is 9.59 Å². The Morgan fingerprint density at radius 2 is 1.75 bits per heavy atom. The molecule has 4 nitrogen and oxygen atoms in total. The molecule has 1 fully saturated rings. The standard InChI is InChI=1S/C19H16N2O2S/c1-2-12-21-18(22)16(20-19(21)23)13-14-8-6-7-11-17(14)24-15-9-4-3-5-10-15/h2-11,13H,1,12H2,(H,20,23)/b16-13-. The summed E-state index contributed by atoms with van der Waals surface area (Å²) < 4.78 is 0. The van der Waals surface area contributed by atoms with Gasteiger partial charge in [-0.15, -0.1) is 6.58 Å². The molecule has 120 valence electrons. The highest BCUT2D eigenvalue weighted by Crippen LogP contribution is 2.31. The zero-order chi connectivity index (χ0) is 16.9. The SMILES string of the molecule is C=CCN1C(=O)N/C(=C\c2ccccc2Sc2ccccc2)C1=O. The van der Waals surface area contributed by atoms with E-state index in [4.69, 9.17) is 0 Å². The second-order valence-corrected chi connectivity index (χ2v) is 6.26. The van der Waals surface area contributed by atoms with Gasteiger partial charge >= 0.3 is 6.03 Å². The van der Waals surface area contributed by atoms with Gasteiger partial charge in [0.05, 0.1) is 0 Å². The maximum atomic E-state index is 12.3. The minimum atomic E-state index is -0.417. The van der Waals surface area contributed by atoms with Gasteiger partial charge in [-0.25, -0.2) is 4.79 Å². The van der Waals surface area contributed by atoms with Gasteiger partial charge in [-0.3, -0.25) is 9.69 Å². The lowest BCUT2D eigenvalue weighted by Crippen LogP contribution is -2.30. The van der Waals surface area contributed by atoms with Crippen LogP contribution < -0.4 is 5.32 Å². The van der Waals surface area contributed by atoms with Crippen LogP contribution >= 0.6 is 11.8 Å². The number of hydrogen-bond donors (Lipinski definition) is 1. The fourth-order valence-electron chi connectivity index (χ4n) is 2.33. The Kier molecular flexibility index (Phi) is 4.82. The van der Waals surface area contributed by atoms with Crippen molar-refractivity contribution in [2.24, 2.45) is 0 Å². The van der Waals surface area contributed by atoms with E-state index in [0.29, 0.717) is 0 Å². The van der Waals surface area contributed by atoms with Crippen LogP contribution in [0.5, 0.6) is 0 Å². The molecule has 1 heterocycles. The van der Waals surface area contributed by atoms with Crippen LogP contribution in [0.3, 0.4) is 0 Å². The minimum absolute atomic E-state index is 0.197. The van der Waals surface area contributed by atoms with Gasteiger partial charge in [-0.1, -0.05) is 54.2 Å². The summed E-state index contributed by atoms with van der Waals surface area (Å²) in [6.07, 6.45) is 3.24. The first-order valence-electron chi connectivity index (χ1n) is 7.46. The molecule has 0 saturated carbocycles. The van der Waals surface area contributed by atoms with Crippen molar-refractivity contribution in [1.29, 1.82) is 0 Å². The number of hydrogen-bond acceptors (Lipinski definition) is 3. The molecule has 0 aromatic heterocycles. The summed E-state index contributed by atoms with van der Waals surface area (Å²) >= 11 is 1.61. The molecule has 1 N–H and O–H groups in total. The normalized spacial score (nSPS) is 15.7. The Labute approximate surface area is 144 Å². The van der Waals surface area contributed by atoms with Crippen LogP contribution in [0.2, 0.25) is 0 Å². The maximum Gasteiger partial charge on any atom is 0.329 e. The number of carbonyl (C=O) groups excluding carboxylic acids is 2. The highest BCUT2D eigenvalue weighted by molar-refractivity contribution is 7.99. The van der Waals surface area contributed by atoms with E-state index >= 15 is 0 Å². The summed E-state index contributed by atoms with van der Waals surface area (Å²) in [4.78, 5) is 27.4. The van der Waals surface area contributed by atoms with Crippen LogP contribution in [0.4, 0.5) is 4.79 Å². The van der Waals surface area contributed by atoms with Crippen molar-refractivity contribution >= 4 is 29.8 Å². The summed E-state index contributed by atoms with van der Waals surface area (Å²) in [5.74, 6) is -0.334. The minimum Gasteiger partial charge on any atom is -0.303 e. The largest absolute Gasteiger partial charge is 0.329 e. The van der Waals surface area contributed by atoms with Crippen LogP contribution in [0.25, 0.3) is 6.08 Å². The molecule has 0 spiro atoms. The number of carbonyl (C=O) groups is 2. The number of benzene rings is 2. The summed E-state index contributed by atoms with van der Waals surface area (Å²) in [5.41, 5.74) is 1.17. The van der Waals surface area contributed by atoms with Gasteiger partial charge in [0.25, 0.3) is 5.91 Å². The highest BCUT2D eigenvalue weighted by Gasteiger charge is 2.32. The molecule has 1 aliphatic rings. The predicted molar refractivity (Wildman–Crippen MR) is 95.4 cm³/mol. The molecule has 0 unspecified atom stereocenters. The monoisotopic (exact) mass is 336 g/mol. The molecule has 1 aliphatic heterocycles. The van der Waals surface area contributed by atoms with Gasteiger partial charge in [0, 0.05) is 16.3 Å². The Morgan fingerprint density at radius 1 is 1.04 bits per heavy atom. The van der Waals surface area contributed by atoms with E-state index in [1.165, 1.54) is 6.08 Å². The van der Waals surface area contributed by atoms with Crippen LogP contribution in [-0.2, 0) is 4.79 Å². The summed E-state index contributed by atoms with van der Waals surface area (Å²) in [6, 6.07) is 17.4. The molecule has 2 aromatic carbocycles. The van der Waals surface area contributed by atoms with Crippen molar-refractivity contribution in [3.63, 3.8) is 0 Å². The fraction of sp³-hybridized carbons (Fsp3) is 0.0526. The molecule has 0 bridgehead atoms. The molecule has 0 radical (unpaired) electrons. The van der Waals surface area contributed by atoms with Crippen molar-refractivity contribution in [3.8, 4) is 0 Å². The predicted octanol–water partition coefficient (Wildman–Crippen LogP) is 3.92. The first kappa shape index (κ1) is 16.1. The first-order valence-corrected chi connectivity index (χ1v) is 8.28. The van der Waals surface area contributed by atoms with Gasteiger partial charge in [0.15, 0.2) is 0 Å². The third kappa shape index (κ3) is 3.41. The first-order chi connectivity index (χ1) is 11.7. The molecule has 3 rings (SSSR count). The third-order valence-electron chi connectivity index (χ3n) is 3.46. The molecular weight excluding hydrogens is 320 g/mol. The lowest BCUT2D eigenvalue weighted by molar-refractivity contribution is -0.122. The van der Waals surface area contributed by atoms with E-state index in [1.807, 2.05) is 54.6 Å². The second-order valence-electron chi connectivity index (χ2n) is 5.15. The Bertz CT molecular complexity index is 815. The molecular formula is C19H16N2O2S. The molecule has 1 saturated heterocycles. The van der Waals surface area contributed by atoms with Crippen LogP contribution in [0.1, 0.15) is 5.56 Å². The van der Waals surface area contributed by atoms with Gasteiger partial charge in [-0.2, -0.15) is 0 Å². The third-order valence-corrected chi connectivity index (χ3v) is 4.56. The average molecular weight is 336 g/mol. The molecule has 24 heavy (non-hydrogen) atoms. The van der Waals surface area contributed by atoms with Crippen molar-refractivity contribution in [3.05, 3.63) is 78.5 Å². The number of amides is 3. The molecule has 5 heteroatoms. The zero-order valence-electron chi connectivity index (χ0n) is 12.9. The highest BCUT2D eigenvalue weighted by atomic mass is 32.2. The molecule has 2 aromatic rings. The van der Waals surface area contributed by atoms with E-state index in [-0.39, 0.29) is 18.1 Å². The van der Waals surface area contributed by atoms with Gasteiger partial charge in [0.1, 0.15) is 5.70 Å². The number of rotatable bonds is 5. The number of imide groups is 1. The number of nitrogens with one attached hydrogen (secondary N) is 1. The summed E-state index contributed by atoms with van der Waals surface area (Å²) in [5, 5.41) is 2.62. The van der Waals surface area contributed by atoms with E-state index < -0.39 is 6.03 Å².